The second kappa shape index (κ2) is 7.52. The Morgan fingerprint density at radius 2 is 1.72 bits per heavy atom. The zero-order valence-corrected chi connectivity index (χ0v) is 17.8. The number of nitrogens with zero attached hydrogens (tertiary/aromatic N) is 1. The number of alkyl halides is 1. The van der Waals surface area contributed by atoms with Gasteiger partial charge in [-0.1, -0.05) is 30.3 Å². The van der Waals surface area contributed by atoms with E-state index in [4.69, 9.17) is 17.3 Å². The summed E-state index contributed by atoms with van der Waals surface area (Å²) in [6, 6.07) is 12.6. The highest BCUT2D eigenvalue weighted by Gasteiger charge is 2.63. The Morgan fingerprint density at radius 1 is 1.07 bits per heavy atom. The summed E-state index contributed by atoms with van der Waals surface area (Å²) in [7, 11) is 0. The van der Waals surface area contributed by atoms with Crippen molar-refractivity contribution in [3.8, 4) is 0 Å². The molecule has 0 spiro atoms. The predicted octanol–water partition coefficient (Wildman–Crippen LogP) is 3.03. The normalized spacial score (nSPS) is 41.4. The molecule has 2 atom stereocenters. The first-order valence-corrected chi connectivity index (χ1v) is 11.8. The second-order valence-corrected chi connectivity index (χ2v) is 10.3. The van der Waals surface area contributed by atoms with E-state index in [-0.39, 0.29) is 10.8 Å². The Balaban J connectivity index is 1.42. The summed E-state index contributed by atoms with van der Waals surface area (Å²) in [5, 5.41) is 5.83. The predicted molar refractivity (Wildman–Crippen MR) is 115 cm³/mol. The molecule has 3 saturated carbocycles. The van der Waals surface area contributed by atoms with Crippen molar-refractivity contribution in [2.75, 3.05) is 6.00 Å². The zero-order chi connectivity index (χ0) is 20.1. The lowest BCUT2D eigenvalue weighted by Gasteiger charge is -2.65. The lowest BCUT2D eigenvalue weighted by Crippen LogP contribution is -2.71. The topological polar surface area (TPSA) is 70.4 Å². The molecule has 5 fully saturated rings. The number of piperidine rings is 2. The van der Waals surface area contributed by atoms with Crippen molar-refractivity contribution >= 4 is 17.5 Å². The summed E-state index contributed by atoms with van der Waals surface area (Å²) >= 11 is 6.04. The van der Waals surface area contributed by atoms with Gasteiger partial charge < -0.3 is 11.1 Å². The third-order valence-electron chi connectivity index (χ3n) is 8.19. The first-order valence-electron chi connectivity index (χ1n) is 11.2. The first-order chi connectivity index (χ1) is 14.0. The van der Waals surface area contributed by atoms with Crippen molar-refractivity contribution < 1.29 is 4.79 Å². The van der Waals surface area contributed by atoms with Crippen LogP contribution in [0.3, 0.4) is 0 Å². The van der Waals surface area contributed by atoms with E-state index in [9.17, 15) is 4.79 Å². The fraction of sp³-hybridized carbons (Fsp3) is 0.696. The lowest BCUT2D eigenvalue weighted by atomic mass is 9.47. The lowest BCUT2D eigenvalue weighted by molar-refractivity contribution is -0.167. The molecular formula is C23H33ClN4O. The zero-order valence-electron chi connectivity index (χ0n) is 17.1. The van der Waals surface area contributed by atoms with E-state index < -0.39 is 0 Å². The summed E-state index contributed by atoms with van der Waals surface area (Å²) in [5.41, 5.74) is 10.7. The molecule has 1 amide bonds. The summed E-state index contributed by atoms with van der Waals surface area (Å²) in [4.78, 5) is 13.7. The maximum Gasteiger partial charge on any atom is 0.226 e. The van der Waals surface area contributed by atoms with Gasteiger partial charge >= 0.3 is 0 Å². The van der Waals surface area contributed by atoms with Gasteiger partial charge in [0.1, 0.15) is 0 Å². The van der Waals surface area contributed by atoms with Crippen molar-refractivity contribution in [3.05, 3.63) is 35.9 Å². The largest absolute Gasteiger partial charge is 0.353 e. The monoisotopic (exact) mass is 416 g/mol. The van der Waals surface area contributed by atoms with E-state index in [1.54, 1.807) is 0 Å². The van der Waals surface area contributed by atoms with Crippen LogP contribution in [0, 0.1) is 5.41 Å². The standard InChI is InChI=1S/C23H33ClN4O/c24-15-26-28-19-10-22(16-4-2-1-3-5-16)11-20(28)13-23(12-19,14-22)21(29)27-18-8-6-17(25)7-9-18/h1-5,17-20,26H,6-15,25H2,(H,27,29)/t17-,18-,19?,20?,22?,23?. The van der Waals surface area contributed by atoms with Crippen molar-refractivity contribution in [2.45, 2.75) is 87.4 Å². The number of hydrazine groups is 1. The average Bonchev–Trinajstić information content (AvgIpc) is 2.72. The number of carbonyl (C=O) groups is 1. The van der Waals surface area contributed by atoms with Gasteiger partial charge in [0.25, 0.3) is 0 Å². The van der Waals surface area contributed by atoms with Gasteiger partial charge in [-0.25, -0.2) is 10.4 Å². The number of nitrogens with one attached hydrogen (secondary N) is 2. The fourth-order valence-electron chi connectivity index (χ4n) is 7.07. The van der Waals surface area contributed by atoms with E-state index in [1.165, 1.54) is 5.56 Å². The van der Waals surface area contributed by atoms with Gasteiger partial charge in [0.15, 0.2) is 0 Å². The van der Waals surface area contributed by atoms with Crippen molar-refractivity contribution in [3.63, 3.8) is 0 Å². The van der Waals surface area contributed by atoms with Crippen LogP contribution in [0.15, 0.2) is 30.3 Å². The molecule has 2 saturated heterocycles. The average molecular weight is 417 g/mol. The Kier molecular flexibility index (Phi) is 5.14. The number of benzene rings is 1. The third kappa shape index (κ3) is 3.40. The third-order valence-corrected chi connectivity index (χ3v) is 8.31. The molecule has 0 aromatic heterocycles. The molecule has 1 aromatic rings. The number of carbonyl (C=O) groups excluding carboxylic acids is 1. The van der Waals surface area contributed by atoms with Crippen LogP contribution in [-0.4, -0.2) is 41.1 Å². The summed E-state index contributed by atoms with van der Waals surface area (Å²) in [5.74, 6) is 0.290. The molecule has 4 N–H and O–H groups in total. The number of nitrogens with two attached hydrogens (primary N) is 1. The Labute approximate surface area is 178 Å². The van der Waals surface area contributed by atoms with Gasteiger partial charge in [0.05, 0.1) is 11.4 Å². The Morgan fingerprint density at radius 3 is 2.34 bits per heavy atom. The van der Waals surface area contributed by atoms with Gasteiger partial charge in [-0.3, -0.25) is 4.79 Å². The van der Waals surface area contributed by atoms with Crippen LogP contribution in [0.1, 0.15) is 63.4 Å². The number of hydrogen-bond donors (Lipinski definition) is 3. The number of halogens is 1. The van der Waals surface area contributed by atoms with E-state index in [2.05, 4.69) is 46.1 Å². The Bertz CT molecular complexity index is 733. The van der Waals surface area contributed by atoms with Crippen LogP contribution in [0.25, 0.3) is 0 Å². The van der Waals surface area contributed by atoms with E-state index >= 15 is 0 Å². The van der Waals surface area contributed by atoms with Crippen LogP contribution >= 0.6 is 11.6 Å². The second-order valence-electron chi connectivity index (χ2n) is 10.0. The van der Waals surface area contributed by atoms with Crippen LogP contribution in [0.2, 0.25) is 0 Å². The maximum absolute atomic E-state index is 13.7. The number of rotatable bonds is 5. The van der Waals surface area contributed by atoms with Crippen LogP contribution in [0.4, 0.5) is 0 Å². The summed E-state index contributed by atoms with van der Waals surface area (Å²) in [6.07, 6.45) is 9.10. The smallest absolute Gasteiger partial charge is 0.226 e. The number of amides is 1. The van der Waals surface area contributed by atoms with Crippen LogP contribution in [0.5, 0.6) is 0 Å². The Hall–Kier alpha value is -1.14. The molecule has 158 valence electrons. The molecule has 6 rings (SSSR count). The first kappa shape index (κ1) is 19.8. The van der Waals surface area contributed by atoms with Crippen LogP contribution < -0.4 is 16.5 Å². The van der Waals surface area contributed by atoms with E-state index in [1.807, 2.05) is 0 Å². The van der Waals surface area contributed by atoms with Gasteiger partial charge in [0.2, 0.25) is 5.91 Å². The molecule has 2 aliphatic heterocycles. The maximum atomic E-state index is 13.7. The highest BCUT2D eigenvalue weighted by Crippen LogP contribution is 2.62. The minimum absolute atomic E-state index is 0.101. The minimum atomic E-state index is -0.258. The van der Waals surface area contributed by atoms with E-state index in [0.717, 1.165) is 57.8 Å². The molecule has 0 radical (unpaired) electrons. The van der Waals surface area contributed by atoms with Crippen molar-refractivity contribution in [1.82, 2.24) is 15.8 Å². The molecule has 5 aliphatic rings. The molecule has 5 nitrogen and oxygen atoms in total. The van der Waals surface area contributed by atoms with E-state index in [0.29, 0.717) is 36.1 Å². The molecular weight excluding hydrogens is 384 g/mol. The SMILES string of the molecule is N[C@H]1CC[C@H](NC(=O)C23CC4CC(c5ccccc5)(CC(C2)N4NCCl)C3)CC1. The minimum Gasteiger partial charge on any atom is -0.353 e. The molecule has 2 unspecified atom stereocenters. The van der Waals surface area contributed by atoms with Gasteiger partial charge in [0, 0.05) is 24.2 Å². The van der Waals surface area contributed by atoms with Gasteiger partial charge in [-0.15, -0.1) is 11.6 Å². The molecule has 4 bridgehead atoms. The highest BCUT2D eigenvalue weighted by molar-refractivity contribution is 6.17. The molecule has 3 aliphatic carbocycles. The van der Waals surface area contributed by atoms with Crippen LogP contribution in [-0.2, 0) is 10.2 Å². The molecule has 29 heavy (non-hydrogen) atoms. The van der Waals surface area contributed by atoms with Crippen molar-refractivity contribution in [2.24, 2.45) is 11.1 Å². The fourth-order valence-corrected chi connectivity index (χ4v) is 7.21. The quantitative estimate of drug-likeness (QED) is 0.509. The molecule has 6 heteroatoms. The molecule has 1 aromatic carbocycles. The number of hydrogen-bond acceptors (Lipinski definition) is 4. The molecule has 2 heterocycles. The highest BCUT2D eigenvalue weighted by atomic mass is 35.5. The summed E-state index contributed by atoms with van der Waals surface area (Å²) < 4.78 is 0. The summed E-state index contributed by atoms with van der Waals surface area (Å²) in [6.45, 7) is 0. The van der Waals surface area contributed by atoms with Gasteiger partial charge in [-0.2, -0.15) is 0 Å². The van der Waals surface area contributed by atoms with Gasteiger partial charge in [-0.05, 0) is 68.8 Å². The van der Waals surface area contributed by atoms with Crippen molar-refractivity contribution in [1.29, 1.82) is 0 Å².